The quantitative estimate of drug-likeness (QED) is 0.0748. The molecule has 6 aromatic carbocycles. The molecule has 298 valence electrons. The molecule has 2 atom stereocenters. The fourth-order valence-electron chi connectivity index (χ4n) is 6.71. The number of ether oxygens (including phenoxy) is 4. The minimum atomic E-state index is -3.96. The van der Waals surface area contributed by atoms with Crippen LogP contribution in [0.1, 0.15) is 27.7 Å². The van der Waals surface area contributed by atoms with Crippen LogP contribution in [0.15, 0.2) is 146 Å². The summed E-state index contributed by atoms with van der Waals surface area (Å²) in [6.45, 7) is 6.55. The number of hydrogen-bond donors (Lipinski definition) is 0. The molecule has 6 aromatic rings. The Labute approximate surface area is 348 Å². The number of carbonyl (C=O) groups is 2. The molecule has 0 spiro atoms. The number of benzene rings is 6. The summed E-state index contributed by atoms with van der Waals surface area (Å²) >= 11 is 14.3. The molecule has 0 heterocycles. The molecule has 0 aliphatic heterocycles. The van der Waals surface area contributed by atoms with Gasteiger partial charge in [0, 0.05) is 43.0 Å². The summed E-state index contributed by atoms with van der Waals surface area (Å²) in [5, 5.41) is 2.36. The van der Waals surface area contributed by atoms with E-state index in [4.69, 9.17) is 42.1 Å². The third-order valence-electron chi connectivity index (χ3n) is 9.41. The Kier molecular flexibility index (Phi) is 13.7. The second-order valence-corrected chi connectivity index (χ2v) is 19.4. The zero-order chi connectivity index (χ0) is 41.5. The lowest BCUT2D eigenvalue weighted by atomic mass is 10.0. The second kappa shape index (κ2) is 18.7. The maximum atomic E-state index is 16.5. The van der Waals surface area contributed by atoms with Gasteiger partial charge in [-0.3, -0.25) is 0 Å². The van der Waals surface area contributed by atoms with Gasteiger partial charge in [0.05, 0.1) is 23.3 Å². The summed E-state index contributed by atoms with van der Waals surface area (Å²) in [6, 6.07) is 42.2. The van der Waals surface area contributed by atoms with Gasteiger partial charge < -0.3 is 28.1 Å². The van der Waals surface area contributed by atoms with Gasteiger partial charge in [0.1, 0.15) is 11.5 Å². The van der Waals surface area contributed by atoms with Crippen molar-refractivity contribution < 1.29 is 37.7 Å². The molecule has 0 saturated carbocycles. The summed E-state index contributed by atoms with van der Waals surface area (Å²) in [4.78, 5) is 26.5. The molecule has 0 N–H and O–H groups in total. The Morgan fingerprint density at radius 2 is 0.759 bits per heavy atom. The van der Waals surface area contributed by atoms with E-state index in [1.54, 1.807) is 135 Å². The van der Waals surface area contributed by atoms with Crippen LogP contribution >= 0.6 is 37.5 Å². The van der Waals surface area contributed by atoms with Gasteiger partial charge in [-0.2, -0.15) is 0 Å². The lowest BCUT2D eigenvalue weighted by molar-refractivity contribution is -0.151. The molecule has 58 heavy (non-hydrogen) atoms. The predicted molar refractivity (Wildman–Crippen MR) is 234 cm³/mol. The van der Waals surface area contributed by atoms with E-state index < -0.39 is 38.4 Å². The van der Waals surface area contributed by atoms with Gasteiger partial charge in [0.15, 0.2) is 26.5 Å². The van der Waals surface area contributed by atoms with Crippen LogP contribution in [-0.4, -0.2) is 37.4 Å². The van der Waals surface area contributed by atoms with Crippen LogP contribution in [0.4, 0.5) is 0 Å². The van der Waals surface area contributed by atoms with Gasteiger partial charge in [-0.25, -0.2) is 9.59 Å². The van der Waals surface area contributed by atoms with Crippen LogP contribution in [0.2, 0.25) is 10.0 Å². The standard InChI is InChI=1S/C46H42Cl2O8P2/c1-5-53-45(49)31(3)55-43-37(47)27-29-39(57(51,33-19-11-7-12-20-33)34-21-13-8-14-22-34)41(43)42-40(30-28-38(48)44(42)56-32(4)46(50)54-6-2)58(52,35-23-15-9-16-24-35)36-25-17-10-18-26-36/h7-32H,5-6H2,1-4H3/t31-,32?/m0/s1. The van der Waals surface area contributed by atoms with Gasteiger partial charge in [-0.05, 0) is 52.0 Å². The number of hydrogen-bond acceptors (Lipinski definition) is 8. The molecule has 0 aliphatic rings. The normalized spacial score (nSPS) is 12.6. The first-order chi connectivity index (χ1) is 28.0. The van der Waals surface area contributed by atoms with Crippen LogP contribution in [0.25, 0.3) is 11.1 Å². The van der Waals surface area contributed by atoms with Crippen molar-refractivity contribution >= 4 is 81.3 Å². The molecule has 0 aliphatic carbocycles. The first kappa shape index (κ1) is 42.5. The Morgan fingerprint density at radius 1 is 0.483 bits per heavy atom. The van der Waals surface area contributed by atoms with E-state index in [1.807, 2.05) is 24.3 Å². The van der Waals surface area contributed by atoms with Crippen LogP contribution in [0, 0.1) is 0 Å². The molecule has 0 radical (unpaired) electrons. The van der Waals surface area contributed by atoms with E-state index in [1.165, 1.54) is 13.8 Å². The minimum Gasteiger partial charge on any atom is -0.477 e. The molecule has 0 amide bonds. The van der Waals surface area contributed by atoms with Crippen molar-refractivity contribution in [2.75, 3.05) is 13.2 Å². The van der Waals surface area contributed by atoms with Crippen molar-refractivity contribution in [2.45, 2.75) is 39.9 Å². The minimum absolute atomic E-state index is 0.0344. The van der Waals surface area contributed by atoms with E-state index in [0.717, 1.165) is 0 Å². The Bertz CT molecular complexity index is 2220. The monoisotopic (exact) mass is 854 g/mol. The molecular formula is C46H42Cl2O8P2. The third-order valence-corrected chi connectivity index (χ3v) is 16.2. The van der Waals surface area contributed by atoms with Crippen LogP contribution in [0.5, 0.6) is 11.5 Å². The van der Waals surface area contributed by atoms with Crippen LogP contribution in [0.3, 0.4) is 0 Å². The molecule has 1 unspecified atom stereocenters. The summed E-state index contributed by atoms with van der Waals surface area (Å²) < 4.78 is 56.7. The molecule has 8 nitrogen and oxygen atoms in total. The average molecular weight is 856 g/mol. The molecule has 0 fully saturated rings. The Morgan fingerprint density at radius 3 is 1.02 bits per heavy atom. The molecule has 0 aromatic heterocycles. The maximum absolute atomic E-state index is 16.5. The van der Waals surface area contributed by atoms with Gasteiger partial charge >= 0.3 is 11.9 Å². The Hall–Kier alpha value is -5.10. The maximum Gasteiger partial charge on any atom is 0.347 e. The highest BCUT2D eigenvalue weighted by atomic mass is 35.5. The van der Waals surface area contributed by atoms with Crippen molar-refractivity contribution in [3.8, 4) is 22.6 Å². The fraction of sp³-hybridized carbons (Fsp3) is 0.174. The number of carbonyl (C=O) groups excluding carboxylic acids is 2. The molecule has 0 bridgehead atoms. The lowest BCUT2D eigenvalue weighted by Gasteiger charge is -2.30. The van der Waals surface area contributed by atoms with E-state index in [2.05, 4.69) is 0 Å². The fourth-order valence-corrected chi connectivity index (χ4v) is 12.8. The van der Waals surface area contributed by atoms with E-state index in [0.29, 0.717) is 21.2 Å². The molecule has 12 heteroatoms. The van der Waals surface area contributed by atoms with E-state index in [9.17, 15) is 9.59 Å². The Balaban J connectivity index is 1.86. The highest BCUT2D eigenvalue weighted by molar-refractivity contribution is 7.86. The average Bonchev–Trinajstić information content (AvgIpc) is 3.25. The van der Waals surface area contributed by atoms with Gasteiger partial charge in [0.25, 0.3) is 0 Å². The smallest absolute Gasteiger partial charge is 0.347 e. The topological polar surface area (TPSA) is 105 Å². The van der Waals surface area contributed by atoms with Crippen molar-refractivity contribution in [1.82, 2.24) is 0 Å². The molecular weight excluding hydrogens is 813 g/mol. The molecule has 6 rings (SSSR count). The zero-order valence-electron chi connectivity index (χ0n) is 32.3. The highest BCUT2D eigenvalue weighted by Crippen LogP contribution is 2.55. The highest BCUT2D eigenvalue weighted by Gasteiger charge is 2.41. The molecule has 0 saturated heterocycles. The van der Waals surface area contributed by atoms with Crippen LogP contribution in [-0.2, 0) is 28.2 Å². The second-order valence-electron chi connectivity index (χ2n) is 13.1. The number of halogens is 2. The van der Waals surface area contributed by atoms with Gasteiger partial charge in [-0.1, -0.05) is 145 Å². The van der Waals surface area contributed by atoms with E-state index >= 15 is 9.13 Å². The lowest BCUT2D eigenvalue weighted by Crippen LogP contribution is -2.32. The first-order valence-corrected chi connectivity index (χ1v) is 22.9. The van der Waals surface area contributed by atoms with Crippen molar-refractivity contribution in [3.63, 3.8) is 0 Å². The number of esters is 2. The van der Waals surface area contributed by atoms with Crippen molar-refractivity contribution in [3.05, 3.63) is 156 Å². The predicted octanol–water partition coefficient (Wildman–Crippen LogP) is 8.60. The number of rotatable bonds is 15. The summed E-state index contributed by atoms with van der Waals surface area (Å²) in [5.74, 6) is -1.50. The summed E-state index contributed by atoms with van der Waals surface area (Å²) in [5.41, 5.74) is 0.186. The van der Waals surface area contributed by atoms with Gasteiger partial charge in [0.2, 0.25) is 0 Å². The third kappa shape index (κ3) is 8.39. The van der Waals surface area contributed by atoms with Crippen LogP contribution < -0.4 is 41.3 Å². The first-order valence-electron chi connectivity index (χ1n) is 18.7. The van der Waals surface area contributed by atoms with Crippen molar-refractivity contribution in [1.29, 1.82) is 0 Å². The SMILES string of the molecule is CCOC(=O)C(C)Oc1c(Cl)ccc(P(=O)(c2ccccc2)c2ccccc2)c1-c1c(P(=O)(c2ccccc2)c2ccccc2)ccc(Cl)c1O[C@@H](C)C(=O)OCC. The van der Waals surface area contributed by atoms with E-state index in [-0.39, 0.29) is 56.5 Å². The largest absolute Gasteiger partial charge is 0.477 e. The summed E-state index contributed by atoms with van der Waals surface area (Å²) in [6.07, 6.45) is -2.44. The van der Waals surface area contributed by atoms with Gasteiger partial charge in [-0.15, -0.1) is 0 Å². The summed E-state index contributed by atoms with van der Waals surface area (Å²) in [7, 11) is -7.91. The van der Waals surface area contributed by atoms with Crippen molar-refractivity contribution in [2.24, 2.45) is 0 Å². The zero-order valence-corrected chi connectivity index (χ0v) is 35.6.